The van der Waals surface area contributed by atoms with Gasteiger partial charge in [-0.25, -0.2) is 4.98 Å². The lowest BCUT2D eigenvalue weighted by atomic mass is 9.90. The Morgan fingerprint density at radius 3 is 3.10 bits per heavy atom. The van der Waals surface area contributed by atoms with Crippen molar-refractivity contribution in [3.8, 4) is 0 Å². The largest absolute Gasteiger partial charge is 0.378 e. The van der Waals surface area contributed by atoms with E-state index in [0.29, 0.717) is 35.2 Å². The standard InChI is InChI=1S/C15H21ClN2O2/c1-10(2)13-7-11(4-6-20-13)9-18-15(19)12-3-5-17-14(16)8-12/h3,5,8,10-11,13H,4,6-7,9H2,1-2H3,(H,18,19)/t11-,13+/m0/s1. The molecule has 0 spiro atoms. The number of amides is 1. The van der Waals surface area contributed by atoms with E-state index >= 15 is 0 Å². The van der Waals surface area contributed by atoms with Crippen molar-refractivity contribution in [2.45, 2.75) is 32.8 Å². The SMILES string of the molecule is CC(C)[C@H]1C[C@@H](CNC(=O)c2ccnc(Cl)c2)CCO1. The average Bonchev–Trinajstić information content (AvgIpc) is 2.45. The summed E-state index contributed by atoms with van der Waals surface area (Å²) in [5.41, 5.74) is 0.553. The van der Waals surface area contributed by atoms with Crippen LogP contribution >= 0.6 is 11.6 Å². The second-order valence-electron chi connectivity index (χ2n) is 5.62. The van der Waals surface area contributed by atoms with Gasteiger partial charge in [0.25, 0.3) is 5.91 Å². The molecule has 2 heterocycles. The van der Waals surface area contributed by atoms with E-state index in [0.717, 1.165) is 19.4 Å². The van der Waals surface area contributed by atoms with Crippen LogP contribution in [0.5, 0.6) is 0 Å². The Morgan fingerprint density at radius 1 is 1.60 bits per heavy atom. The van der Waals surface area contributed by atoms with Crippen molar-refractivity contribution in [1.29, 1.82) is 0 Å². The molecule has 1 aliphatic heterocycles. The molecule has 20 heavy (non-hydrogen) atoms. The topological polar surface area (TPSA) is 51.2 Å². The highest BCUT2D eigenvalue weighted by Crippen LogP contribution is 2.24. The van der Waals surface area contributed by atoms with E-state index < -0.39 is 0 Å². The predicted molar refractivity (Wildman–Crippen MR) is 78.9 cm³/mol. The fraction of sp³-hybridized carbons (Fsp3) is 0.600. The predicted octanol–water partition coefficient (Wildman–Crippen LogP) is 2.92. The van der Waals surface area contributed by atoms with Crippen molar-refractivity contribution in [2.75, 3.05) is 13.2 Å². The molecule has 110 valence electrons. The molecule has 1 aromatic heterocycles. The van der Waals surface area contributed by atoms with Crippen molar-refractivity contribution in [2.24, 2.45) is 11.8 Å². The first kappa shape index (κ1) is 15.3. The fourth-order valence-electron chi connectivity index (χ4n) is 2.43. The normalized spacial score (nSPS) is 22.8. The van der Waals surface area contributed by atoms with E-state index in [4.69, 9.17) is 16.3 Å². The molecule has 5 heteroatoms. The minimum atomic E-state index is -0.0955. The Hall–Kier alpha value is -1.13. The molecule has 1 amide bonds. The summed E-state index contributed by atoms with van der Waals surface area (Å²) in [5.74, 6) is 0.909. The highest BCUT2D eigenvalue weighted by Gasteiger charge is 2.25. The second-order valence-corrected chi connectivity index (χ2v) is 6.01. The van der Waals surface area contributed by atoms with Crippen molar-refractivity contribution in [3.63, 3.8) is 0 Å². The van der Waals surface area contributed by atoms with Crippen LogP contribution in [-0.2, 0) is 4.74 Å². The lowest BCUT2D eigenvalue weighted by Gasteiger charge is -2.32. The highest BCUT2D eigenvalue weighted by molar-refractivity contribution is 6.29. The monoisotopic (exact) mass is 296 g/mol. The van der Waals surface area contributed by atoms with Crippen LogP contribution in [0.2, 0.25) is 5.15 Å². The number of carbonyl (C=O) groups excluding carboxylic acids is 1. The molecule has 1 saturated heterocycles. The molecule has 2 atom stereocenters. The van der Waals surface area contributed by atoms with E-state index in [-0.39, 0.29) is 5.91 Å². The van der Waals surface area contributed by atoms with Crippen LogP contribution in [0, 0.1) is 11.8 Å². The molecule has 1 N–H and O–H groups in total. The van der Waals surface area contributed by atoms with Gasteiger partial charge in [0.05, 0.1) is 6.10 Å². The molecule has 0 saturated carbocycles. The third-order valence-corrected chi connectivity index (χ3v) is 3.91. The minimum absolute atomic E-state index is 0.0955. The first-order valence-corrected chi connectivity index (χ1v) is 7.45. The number of hydrogen-bond donors (Lipinski definition) is 1. The lowest BCUT2D eigenvalue weighted by molar-refractivity contribution is -0.0333. The van der Waals surface area contributed by atoms with E-state index in [2.05, 4.69) is 24.1 Å². The summed E-state index contributed by atoms with van der Waals surface area (Å²) in [7, 11) is 0. The number of nitrogens with one attached hydrogen (secondary N) is 1. The maximum absolute atomic E-state index is 12.0. The molecule has 0 aliphatic carbocycles. The summed E-state index contributed by atoms with van der Waals surface area (Å²) >= 11 is 5.78. The van der Waals surface area contributed by atoms with Crippen LogP contribution < -0.4 is 5.32 Å². The van der Waals surface area contributed by atoms with Gasteiger partial charge in [-0.3, -0.25) is 4.79 Å². The molecule has 0 aromatic carbocycles. The van der Waals surface area contributed by atoms with Gasteiger partial charge in [-0.1, -0.05) is 25.4 Å². The van der Waals surface area contributed by atoms with Crippen LogP contribution in [0.25, 0.3) is 0 Å². The Morgan fingerprint density at radius 2 is 2.40 bits per heavy atom. The van der Waals surface area contributed by atoms with Gasteiger partial charge in [0, 0.05) is 24.9 Å². The Bertz CT molecular complexity index is 465. The van der Waals surface area contributed by atoms with Crippen LogP contribution in [0.1, 0.15) is 37.0 Å². The summed E-state index contributed by atoms with van der Waals surface area (Å²) in [4.78, 5) is 15.9. The number of carbonyl (C=O) groups is 1. The molecule has 1 aromatic rings. The van der Waals surface area contributed by atoms with Crippen molar-refractivity contribution < 1.29 is 9.53 Å². The zero-order valence-corrected chi connectivity index (χ0v) is 12.7. The number of halogens is 1. The fourth-order valence-corrected chi connectivity index (χ4v) is 2.61. The number of ether oxygens (including phenoxy) is 1. The van der Waals surface area contributed by atoms with E-state index in [1.165, 1.54) is 0 Å². The maximum Gasteiger partial charge on any atom is 0.251 e. The summed E-state index contributed by atoms with van der Waals surface area (Å²) in [6, 6.07) is 3.25. The van der Waals surface area contributed by atoms with Crippen LogP contribution in [0.4, 0.5) is 0 Å². The quantitative estimate of drug-likeness (QED) is 0.869. The Kier molecular flexibility index (Phi) is 5.38. The third-order valence-electron chi connectivity index (χ3n) is 3.71. The zero-order chi connectivity index (χ0) is 14.5. The average molecular weight is 297 g/mol. The summed E-state index contributed by atoms with van der Waals surface area (Å²) in [5, 5.41) is 3.31. The van der Waals surface area contributed by atoms with E-state index in [9.17, 15) is 4.79 Å². The number of aromatic nitrogens is 1. The minimum Gasteiger partial charge on any atom is -0.378 e. The third kappa shape index (κ3) is 4.18. The smallest absolute Gasteiger partial charge is 0.251 e. The molecule has 4 nitrogen and oxygen atoms in total. The van der Waals surface area contributed by atoms with Crippen LogP contribution in [0.3, 0.4) is 0 Å². The molecular weight excluding hydrogens is 276 g/mol. The second kappa shape index (κ2) is 7.04. The summed E-state index contributed by atoms with van der Waals surface area (Å²) < 4.78 is 5.74. The Balaban J connectivity index is 1.84. The Labute approximate surface area is 124 Å². The maximum atomic E-state index is 12.0. The number of pyridine rings is 1. The van der Waals surface area contributed by atoms with Gasteiger partial charge in [0.2, 0.25) is 0 Å². The van der Waals surface area contributed by atoms with Gasteiger partial charge in [0.15, 0.2) is 0 Å². The van der Waals surface area contributed by atoms with Crippen molar-refractivity contribution >= 4 is 17.5 Å². The number of rotatable bonds is 4. The molecular formula is C15H21ClN2O2. The number of nitrogens with zero attached hydrogens (tertiary/aromatic N) is 1. The first-order valence-electron chi connectivity index (χ1n) is 7.07. The van der Waals surface area contributed by atoms with Gasteiger partial charge >= 0.3 is 0 Å². The van der Waals surface area contributed by atoms with Crippen molar-refractivity contribution in [1.82, 2.24) is 10.3 Å². The van der Waals surface area contributed by atoms with Crippen LogP contribution in [-0.4, -0.2) is 30.1 Å². The van der Waals surface area contributed by atoms with Gasteiger partial charge in [0.1, 0.15) is 5.15 Å². The lowest BCUT2D eigenvalue weighted by Crippen LogP contribution is -2.36. The highest BCUT2D eigenvalue weighted by atomic mass is 35.5. The molecule has 1 aliphatic rings. The molecule has 0 unspecified atom stereocenters. The molecule has 0 bridgehead atoms. The first-order chi connectivity index (χ1) is 9.56. The van der Waals surface area contributed by atoms with E-state index in [1.54, 1.807) is 18.3 Å². The summed E-state index contributed by atoms with van der Waals surface area (Å²) in [6.45, 7) is 5.81. The van der Waals surface area contributed by atoms with Gasteiger partial charge in [-0.2, -0.15) is 0 Å². The van der Waals surface area contributed by atoms with E-state index in [1.807, 2.05) is 0 Å². The number of hydrogen-bond acceptors (Lipinski definition) is 3. The van der Waals surface area contributed by atoms with Gasteiger partial charge in [-0.15, -0.1) is 0 Å². The summed E-state index contributed by atoms with van der Waals surface area (Å²) in [6.07, 6.45) is 3.86. The zero-order valence-electron chi connectivity index (χ0n) is 11.9. The molecule has 1 fully saturated rings. The molecule has 0 radical (unpaired) electrons. The molecule has 2 rings (SSSR count). The van der Waals surface area contributed by atoms with Crippen molar-refractivity contribution in [3.05, 3.63) is 29.0 Å². The van der Waals surface area contributed by atoms with Gasteiger partial charge in [-0.05, 0) is 36.8 Å². The van der Waals surface area contributed by atoms with Crippen LogP contribution in [0.15, 0.2) is 18.3 Å². The van der Waals surface area contributed by atoms with Gasteiger partial charge < -0.3 is 10.1 Å².